The highest BCUT2D eigenvalue weighted by atomic mass is 16.6. The van der Waals surface area contributed by atoms with Crippen molar-refractivity contribution in [2.24, 2.45) is 5.92 Å². The molecule has 3 aromatic rings. The molecule has 3 aromatic carbocycles. The van der Waals surface area contributed by atoms with Gasteiger partial charge in [-0.3, -0.25) is 9.59 Å². The Hall–Kier alpha value is -5.22. The van der Waals surface area contributed by atoms with E-state index >= 15 is 0 Å². The van der Waals surface area contributed by atoms with Gasteiger partial charge in [-0.05, 0) is 29.5 Å². The van der Waals surface area contributed by atoms with Crippen LogP contribution in [0.1, 0.15) is 42.0 Å². The number of alkyl carbamates (subject to hydrolysis) is 1. The lowest BCUT2D eigenvalue weighted by Crippen LogP contribution is -2.43. The number of hydrogen-bond acceptors (Lipinski definition) is 7. The number of nitrogens with one attached hydrogen (secondary N) is 2. The molecule has 0 radical (unpaired) electrons. The van der Waals surface area contributed by atoms with Crippen molar-refractivity contribution in [3.63, 3.8) is 0 Å². The molecule has 0 bridgehead atoms. The molecule has 3 atom stereocenters. The monoisotopic (exact) mass is 641 g/mol. The normalized spacial score (nSPS) is 12.4. The zero-order valence-corrected chi connectivity index (χ0v) is 26.5. The molecular weight excluding hydrogens is 598 g/mol. The summed E-state index contributed by atoms with van der Waals surface area (Å²) in [5, 5.41) is 15.0. The summed E-state index contributed by atoms with van der Waals surface area (Å²) in [4.78, 5) is 54.0. The molecule has 0 saturated carbocycles. The zero-order chi connectivity index (χ0) is 33.9. The quantitative estimate of drug-likeness (QED) is 0.126. The van der Waals surface area contributed by atoms with Gasteiger partial charge in [0, 0.05) is 19.5 Å². The molecule has 47 heavy (non-hydrogen) atoms. The highest BCUT2D eigenvalue weighted by molar-refractivity contribution is 5.86. The van der Waals surface area contributed by atoms with Gasteiger partial charge in [0.25, 0.3) is 0 Å². The number of rotatable bonds is 19. The predicted molar refractivity (Wildman–Crippen MR) is 179 cm³/mol. The number of carbonyl (C=O) groups is 4. The average molecular weight is 642 g/mol. The first-order valence-electron chi connectivity index (χ1n) is 15.5. The Morgan fingerprint density at radius 1 is 0.787 bits per heavy atom. The molecular formula is C37H43N3O7. The standard InChI is InChI=1S/C37H43N3O7/c1-3-14-31(24-34(42)40(22-23-41)25-28-16-8-5-9-17-28)35(43)38-33(30-20-12-7-13-21-30)27-46-36(44)32(15-4-2)39-37(45)47-26-29-18-10-6-11-19-29/h3-13,16-21,31-33,41H,1-2,14-15,22-27H2,(H,38,43)(H,39,45)/t31-,32+,33+/m0/s1. The van der Waals surface area contributed by atoms with Gasteiger partial charge in [0.15, 0.2) is 0 Å². The maximum absolute atomic E-state index is 13.6. The summed E-state index contributed by atoms with van der Waals surface area (Å²) < 4.78 is 10.8. The Morgan fingerprint density at radius 3 is 1.98 bits per heavy atom. The number of aliphatic hydroxyl groups is 1. The Morgan fingerprint density at radius 2 is 1.38 bits per heavy atom. The number of benzene rings is 3. The first-order valence-corrected chi connectivity index (χ1v) is 15.5. The van der Waals surface area contributed by atoms with E-state index in [-0.39, 0.29) is 51.5 Å². The van der Waals surface area contributed by atoms with E-state index in [9.17, 15) is 24.3 Å². The first kappa shape index (κ1) is 36.3. The van der Waals surface area contributed by atoms with Crippen LogP contribution in [0.3, 0.4) is 0 Å². The third-order valence-electron chi connectivity index (χ3n) is 7.28. The fourth-order valence-electron chi connectivity index (χ4n) is 4.79. The first-order chi connectivity index (χ1) is 22.8. The number of ether oxygens (including phenoxy) is 2. The van der Waals surface area contributed by atoms with Crippen LogP contribution in [0.2, 0.25) is 0 Å². The molecule has 0 aromatic heterocycles. The van der Waals surface area contributed by atoms with Crippen LogP contribution in [0.4, 0.5) is 4.79 Å². The second-order valence-electron chi connectivity index (χ2n) is 10.8. The van der Waals surface area contributed by atoms with Crippen LogP contribution in [0.15, 0.2) is 116 Å². The van der Waals surface area contributed by atoms with Crippen LogP contribution in [-0.2, 0) is 37.0 Å². The minimum atomic E-state index is -1.06. The number of nitrogens with zero attached hydrogens (tertiary/aromatic N) is 1. The summed E-state index contributed by atoms with van der Waals surface area (Å²) in [6.45, 7) is 7.42. The van der Waals surface area contributed by atoms with Gasteiger partial charge < -0.3 is 30.1 Å². The molecule has 3 amide bonds. The van der Waals surface area contributed by atoms with E-state index in [0.29, 0.717) is 12.1 Å². The van der Waals surface area contributed by atoms with Crippen molar-refractivity contribution < 1.29 is 33.8 Å². The SMILES string of the molecule is C=CC[C@@H](CC(=O)N(CCO)Cc1ccccc1)C(=O)N[C@H](COC(=O)[C@@H](CC=C)NC(=O)OCc1ccccc1)c1ccccc1. The molecule has 10 heteroatoms. The van der Waals surface area contributed by atoms with Crippen molar-refractivity contribution in [1.29, 1.82) is 0 Å². The van der Waals surface area contributed by atoms with E-state index in [0.717, 1.165) is 11.1 Å². The van der Waals surface area contributed by atoms with Gasteiger partial charge in [-0.25, -0.2) is 9.59 Å². The van der Waals surface area contributed by atoms with E-state index in [4.69, 9.17) is 9.47 Å². The molecule has 0 fully saturated rings. The topological polar surface area (TPSA) is 134 Å². The van der Waals surface area contributed by atoms with Crippen LogP contribution in [-0.4, -0.2) is 59.7 Å². The zero-order valence-electron chi connectivity index (χ0n) is 26.5. The second kappa shape index (κ2) is 20.0. The summed E-state index contributed by atoms with van der Waals surface area (Å²) in [5.41, 5.74) is 2.37. The molecule has 0 heterocycles. The molecule has 0 aliphatic heterocycles. The summed E-state index contributed by atoms with van der Waals surface area (Å²) in [5.74, 6) is -2.19. The highest BCUT2D eigenvalue weighted by Crippen LogP contribution is 2.19. The molecule has 0 unspecified atom stereocenters. The fraction of sp³-hybridized carbons (Fsp3) is 0.297. The Balaban J connectivity index is 1.66. The Labute approximate surface area is 276 Å². The smallest absolute Gasteiger partial charge is 0.408 e. The van der Waals surface area contributed by atoms with Gasteiger partial charge in [0.2, 0.25) is 11.8 Å². The lowest BCUT2D eigenvalue weighted by Gasteiger charge is -2.26. The van der Waals surface area contributed by atoms with Gasteiger partial charge in [-0.2, -0.15) is 0 Å². The molecule has 3 rings (SSSR count). The molecule has 0 aliphatic carbocycles. The van der Waals surface area contributed by atoms with Gasteiger partial charge in [-0.1, -0.05) is 103 Å². The van der Waals surface area contributed by atoms with Crippen molar-refractivity contribution in [2.75, 3.05) is 19.8 Å². The predicted octanol–water partition coefficient (Wildman–Crippen LogP) is 4.86. The largest absolute Gasteiger partial charge is 0.462 e. The van der Waals surface area contributed by atoms with Crippen LogP contribution < -0.4 is 10.6 Å². The highest BCUT2D eigenvalue weighted by Gasteiger charge is 2.28. The van der Waals surface area contributed by atoms with Crippen LogP contribution >= 0.6 is 0 Å². The van der Waals surface area contributed by atoms with Crippen molar-refractivity contribution in [2.45, 2.75) is 44.5 Å². The Kier molecular flexibility index (Phi) is 15.4. The van der Waals surface area contributed by atoms with Gasteiger partial charge in [0.05, 0.1) is 18.6 Å². The van der Waals surface area contributed by atoms with Gasteiger partial charge in [-0.15, -0.1) is 13.2 Å². The van der Waals surface area contributed by atoms with Gasteiger partial charge in [0.1, 0.15) is 19.3 Å². The molecule has 0 aliphatic rings. The summed E-state index contributed by atoms with van der Waals surface area (Å²) in [7, 11) is 0. The minimum Gasteiger partial charge on any atom is -0.462 e. The third kappa shape index (κ3) is 12.6. The van der Waals surface area contributed by atoms with Crippen molar-refractivity contribution in [1.82, 2.24) is 15.5 Å². The van der Waals surface area contributed by atoms with Crippen LogP contribution in [0.5, 0.6) is 0 Å². The lowest BCUT2D eigenvalue weighted by molar-refractivity contribution is -0.147. The molecule has 3 N–H and O–H groups in total. The average Bonchev–Trinajstić information content (AvgIpc) is 3.09. The van der Waals surface area contributed by atoms with E-state index < -0.39 is 36.0 Å². The van der Waals surface area contributed by atoms with E-state index in [1.807, 2.05) is 66.7 Å². The molecule has 10 nitrogen and oxygen atoms in total. The van der Waals surface area contributed by atoms with Gasteiger partial charge >= 0.3 is 12.1 Å². The number of hydrogen-bond donors (Lipinski definition) is 3. The third-order valence-corrected chi connectivity index (χ3v) is 7.28. The van der Waals surface area contributed by atoms with Crippen LogP contribution in [0, 0.1) is 5.92 Å². The van der Waals surface area contributed by atoms with Crippen molar-refractivity contribution >= 4 is 23.9 Å². The molecule has 248 valence electrons. The number of carbonyl (C=O) groups excluding carboxylic acids is 4. The summed E-state index contributed by atoms with van der Waals surface area (Å²) in [6.07, 6.45) is 2.48. The lowest BCUT2D eigenvalue weighted by atomic mass is 9.97. The maximum Gasteiger partial charge on any atom is 0.408 e. The second-order valence-corrected chi connectivity index (χ2v) is 10.8. The number of esters is 1. The van der Waals surface area contributed by atoms with Crippen molar-refractivity contribution in [3.05, 3.63) is 133 Å². The summed E-state index contributed by atoms with van der Waals surface area (Å²) in [6, 6.07) is 25.7. The van der Waals surface area contributed by atoms with Crippen LogP contribution in [0.25, 0.3) is 0 Å². The number of amides is 3. The number of aliphatic hydroxyl groups excluding tert-OH is 1. The van der Waals surface area contributed by atoms with E-state index in [1.165, 1.54) is 11.0 Å². The Bertz CT molecular complexity index is 1430. The van der Waals surface area contributed by atoms with E-state index in [1.54, 1.807) is 30.3 Å². The maximum atomic E-state index is 13.6. The minimum absolute atomic E-state index is 0.0308. The summed E-state index contributed by atoms with van der Waals surface area (Å²) >= 11 is 0. The van der Waals surface area contributed by atoms with E-state index in [2.05, 4.69) is 23.8 Å². The molecule has 0 spiro atoms. The van der Waals surface area contributed by atoms with Crippen molar-refractivity contribution in [3.8, 4) is 0 Å². The fourth-order valence-corrected chi connectivity index (χ4v) is 4.79. The number of allylic oxidation sites excluding steroid dienone is 1. The molecule has 0 saturated heterocycles.